The molecule has 186 valence electrons. The van der Waals surface area contributed by atoms with Crippen molar-refractivity contribution < 1.29 is 9.59 Å². The first-order valence-corrected chi connectivity index (χ1v) is 13.8. The number of benzene rings is 1. The Hall–Kier alpha value is -1.88. The lowest BCUT2D eigenvalue weighted by atomic mass is 9.68. The number of fused-ring (bicyclic) bond motifs is 4. The van der Waals surface area contributed by atoms with E-state index in [-0.39, 0.29) is 17.7 Å². The summed E-state index contributed by atoms with van der Waals surface area (Å²) in [5.41, 5.74) is 1.93. The molecule has 2 unspecified atom stereocenters. The smallest absolute Gasteiger partial charge is 0.224 e. The number of nitrogens with zero attached hydrogens (tertiary/aromatic N) is 3. The number of carbonyl (C=O) groups excluding carboxylic acids is 2. The van der Waals surface area contributed by atoms with E-state index in [1.165, 1.54) is 57.8 Å². The molecule has 1 aromatic rings. The quantitative estimate of drug-likeness (QED) is 0.563. The van der Waals surface area contributed by atoms with E-state index in [9.17, 15) is 9.59 Å². The predicted octanol–water partition coefficient (Wildman–Crippen LogP) is 5.42. The molecular weight excluding hydrogens is 422 g/mol. The van der Waals surface area contributed by atoms with Gasteiger partial charge in [0.1, 0.15) is 5.78 Å². The zero-order valence-corrected chi connectivity index (χ0v) is 21.4. The minimum atomic E-state index is 0.118. The lowest BCUT2D eigenvalue weighted by Crippen LogP contribution is -2.61. The highest BCUT2D eigenvalue weighted by atomic mass is 16.2. The van der Waals surface area contributed by atoms with E-state index >= 15 is 0 Å². The first-order valence-electron chi connectivity index (χ1n) is 13.8. The number of Topliss-reactive ketones (excluding diaryl/α,β-unsaturated/α-hetero) is 1. The second-order valence-corrected chi connectivity index (χ2v) is 11.8. The molecule has 0 spiro atoms. The zero-order chi connectivity index (χ0) is 23.8. The van der Waals surface area contributed by atoms with Crippen LogP contribution < -0.4 is 9.80 Å². The van der Waals surface area contributed by atoms with Gasteiger partial charge in [-0.05, 0) is 75.8 Å². The van der Waals surface area contributed by atoms with Crippen molar-refractivity contribution in [2.24, 2.45) is 11.8 Å². The van der Waals surface area contributed by atoms with Crippen LogP contribution in [0.5, 0.6) is 0 Å². The monoisotopic (exact) mass is 465 g/mol. The second kappa shape index (κ2) is 10.0. The molecule has 2 saturated heterocycles. The van der Waals surface area contributed by atoms with Crippen molar-refractivity contribution in [3.8, 4) is 0 Å². The van der Waals surface area contributed by atoms with Crippen molar-refractivity contribution in [2.75, 3.05) is 23.4 Å². The standard InChI is InChI=1S/C29H43N3O2/c1-20(33)19-30(3)28-12-4-5-13-29(28)31(21(2)34)27-17-24-10-7-11-25(18-27)32(24)26-15-22-8-6-9-23(14-22)16-26/h4-5,12-13,22-27H,6-11,14-19H2,1-3H3/t22-,23+,24-,25+,26?,27?. The Morgan fingerprint density at radius 2 is 1.41 bits per heavy atom. The van der Waals surface area contributed by atoms with Crippen molar-refractivity contribution in [3.63, 3.8) is 0 Å². The van der Waals surface area contributed by atoms with Gasteiger partial charge in [0.2, 0.25) is 5.91 Å². The van der Waals surface area contributed by atoms with Crippen molar-refractivity contribution in [1.29, 1.82) is 0 Å². The fourth-order valence-corrected chi connectivity index (χ4v) is 8.17. The van der Waals surface area contributed by atoms with Crippen LogP contribution >= 0.6 is 0 Å². The molecule has 4 bridgehead atoms. The van der Waals surface area contributed by atoms with E-state index in [1.54, 1.807) is 13.8 Å². The number of hydrogen-bond acceptors (Lipinski definition) is 4. The summed E-state index contributed by atoms with van der Waals surface area (Å²) in [5.74, 6) is 2.15. The van der Waals surface area contributed by atoms with Gasteiger partial charge >= 0.3 is 0 Å². The molecule has 5 rings (SSSR count). The number of piperidine rings is 2. The van der Waals surface area contributed by atoms with Gasteiger partial charge in [0.05, 0.1) is 17.9 Å². The van der Waals surface area contributed by atoms with Gasteiger partial charge in [0, 0.05) is 38.1 Å². The van der Waals surface area contributed by atoms with Gasteiger partial charge in [-0.3, -0.25) is 14.5 Å². The molecule has 0 radical (unpaired) electrons. The van der Waals surface area contributed by atoms with E-state index in [1.807, 2.05) is 30.1 Å². The average Bonchev–Trinajstić information content (AvgIpc) is 2.78. The summed E-state index contributed by atoms with van der Waals surface area (Å²) in [5, 5.41) is 0. The highest BCUT2D eigenvalue weighted by molar-refractivity contribution is 5.96. The summed E-state index contributed by atoms with van der Waals surface area (Å²) in [4.78, 5) is 31.9. The molecule has 2 heterocycles. The zero-order valence-electron chi connectivity index (χ0n) is 21.4. The average molecular weight is 466 g/mol. The van der Waals surface area contributed by atoms with E-state index in [4.69, 9.17) is 0 Å². The molecule has 4 aliphatic rings. The minimum Gasteiger partial charge on any atom is -0.366 e. The maximum Gasteiger partial charge on any atom is 0.224 e. The lowest BCUT2D eigenvalue weighted by molar-refractivity contribution is -0.118. The molecule has 2 aliphatic carbocycles. The van der Waals surface area contributed by atoms with Crippen LogP contribution in [0.2, 0.25) is 0 Å². The molecule has 34 heavy (non-hydrogen) atoms. The van der Waals surface area contributed by atoms with Crippen LogP contribution in [0.4, 0.5) is 11.4 Å². The molecule has 0 aromatic heterocycles. The molecule has 2 aliphatic heterocycles. The molecule has 1 amide bonds. The third kappa shape index (κ3) is 4.78. The highest BCUT2D eigenvalue weighted by Crippen LogP contribution is 2.47. The number of anilines is 2. The summed E-state index contributed by atoms with van der Waals surface area (Å²) < 4.78 is 0. The molecule has 2 saturated carbocycles. The van der Waals surface area contributed by atoms with Crippen LogP contribution in [-0.4, -0.2) is 54.4 Å². The van der Waals surface area contributed by atoms with Crippen LogP contribution in [-0.2, 0) is 9.59 Å². The first kappa shape index (κ1) is 23.8. The Kier molecular flexibility index (Phi) is 7.02. The van der Waals surface area contributed by atoms with Crippen molar-refractivity contribution in [2.45, 2.75) is 109 Å². The van der Waals surface area contributed by atoms with Crippen molar-refractivity contribution >= 4 is 23.1 Å². The molecule has 5 heteroatoms. The number of ketones is 1. The van der Waals surface area contributed by atoms with Crippen LogP contribution in [0, 0.1) is 11.8 Å². The summed E-state index contributed by atoms with van der Waals surface area (Å²) >= 11 is 0. The first-order chi connectivity index (χ1) is 16.4. The summed E-state index contributed by atoms with van der Waals surface area (Å²) in [6.45, 7) is 3.70. The maximum atomic E-state index is 13.1. The molecule has 0 N–H and O–H groups in total. The van der Waals surface area contributed by atoms with Gasteiger partial charge in [0.25, 0.3) is 0 Å². The fraction of sp³-hybridized carbons (Fsp3) is 0.724. The Morgan fingerprint density at radius 3 is 2.00 bits per heavy atom. The van der Waals surface area contributed by atoms with Gasteiger partial charge in [0.15, 0.2) is 0 Å². The number of para-hydroxylation sites is 2. The van der Waals surface area contributed by atoms with Gasteiger partial charge in [-0.2, -0.15) is 0 Å². The Labute approximate surface area is 205 Å². The summed E-state index contributed by atoms with van der Waals surface area (Å²) in [6, 6.07) is 10.3. The molecule has 4 fully saturated rings. The minimum absolute atomic E-state index is 0.118. The van der Waals surface area contributed by atoms with Crippen LogP contribution in [0.25, 0.3) is 0 Å². The number of rotatable bonds is 6. The highest BCUT2D eigenvalue weighted by Gasteiger charge is 2.46. The number of hydrogen-bond donors (Lipinski definition) is 0. The van der Waals surface area contributed by atoms with Crippen LogP contribution in [0.15, 0.2) is 24.3 Å². The number of carbonyl (C=O) groups is 2. The van der Waals surface area contributed by atoms with Crippen molar-refractivity contribution in [3.05, 3.63) is 24.3 Å². The van der Waals surface area contributed by atoms with E-state index in [2.05, 4.69) is 15.9 Å². The van der Waals surface area contributed by atoms with Gasteiger partial charge < -0.3 is 9.80 Å². The van der Waals surface area contributed by atoms with E-state index in [0.29, 0.717) is 18.6 Å². The van der Waals surface area contributed by atoms with Gasteiger partial charge in [-0.1, -0.05) is 37.8 Å². The summed E-state index contributed by atoms with van der Waals surface area (Å²) in [6.07, 6.45) is 14.7. The SMILES string of the molecule is CC(=O)CN(C)c1ccccc1N(C(C)=O)C1C[C@H]2CCC[C@@H](C1)N2C1C[C@H]2CCC[C@@H](C1)C2. The normalized spacial score (nSPS) is 33.3. The number of likely N-dealkylation sites (N-methyl/N-ethyl adjacent to an activating group) is 1. The molecular formula is C29H43N3O2. The maximum absolute atomic E-state index is 13.1. The van der Waals surface area contributed by atoms with Crippen LogP contribution in [0.1, 0.15) is 84.5 Å². The summed E-state index contributed by atoms with van der Waals surface area (Å²) in [7, 11) is 1.95. The third-order valence-electron chi connectivity index (χ3n) is 9.25. The van der Waals surface area contributed by atoms with E-state index in [0.717, 1.165) is 42.1 Å². The number of amides is 1. The Morgan fingerprint density at radius 1 is 0.824 bits per heavy atom. The lowest BCUT2D eigenvalue weighted by Gasteiger charge is -2.56. The Balaban J connectivity index is 1.38. The Bertz CT molecular complexity index is 875. The molecule has 5 nitrogen and oxygen atoms in total. The topological polar surface area (TPSA) is 43.9 Å². The van der Waals surface area contributed by atoms with Gasteiger partial charge in [-0.25, -0.2) is 0 Å². The molecule has 6 atom stereocenters. The second-order valence-electron chi connectivity index (χ2n) is 11.8. The van der Waals surface area contributed by atoms with Gasteiger partial charge in [-0.15, -0.1) is 0 Å². The van der Waals surface area contributed by atoms with E-state index < -0.39 is 0 Å². The predicted molar refractivity (Wildman–Crippen MR) is 138 cm³/mol. The van der Waals surface area contributed by atoms with Crippen LogP contribution in [0.3, 0.4) is 0 Å². The third-order valence-corrected chi connectivity index (χ3v) is 9.25. The fourth-order valence-electron chi connectivity index (χ4n) is 8.17. The van der Waals surface area contributed by atoms with Crippen molar-refractivity contribution in [1.82, 2.24) is 4.90 Å². The molecule has 1 aromatic carbocycles. The largest absolute Gasteiger partial charge is 0.366 e.